The maximum absolute atomic E-state index is 12.8. The lowest BCUT2D eigenvalue weighted by Gasteiger charge is -2.39. The highest BCUT2D eigenvalue weighted by atomic mass is 32.1. The normalized spacial score (nSPS) is 21.0. The lowest BCUT2D eigenvalue weighted by molar-refractivity contribution is -0.144. The number of ether oxygens (including phenoxy) is 1. The Bertz CT molecular complexity index is 753. The summed E-state index contributed by atoms with van der Waals surface area (Å²) in [6, 6.07) is 9.91. The fourth-order valence-electron chi connectivity index (χ4n) is 3.05. The third-order valence-electron chi connectivity index (χ3n) is 4.40. The Hall–Kier alpha value is -1.92. The van der Waals surface area contributed by atoms with Gasteiger partial charge in [0.25, 0.3) is 0 Å². The maximum atomic E-state index is 12.8. The van der Waals surface area contributed by atoms with E-state index in [1.54, 1.807) is 4.57 Å². The Labute approximate surface area is 145 Å². The van der Waals surface area contributed by atoms with E-state index in [-0.39, 0.29) is 22.9 Å². The Kier molecular flexibility index (Phi) is 5.16. The Morgan fingerprint density at radius 2 is 2.08 bits per heavy atom. The number of thiazole rings is 1. The lowest BCUT2D eigenvalue weighted by Crippen LogP contribution is -2.47. The van der Waals surface area contributed by atoms with E-state index in [1.807, 2.05) is 54.5 Å². The third-order valence-corrected chi connectivity index (χ3v) is 5.28. The van der Waals surface area contributed by atoms with Gasteiger partial charge in [0.1, 0.15) is 0 Å². The molecule has 3 rings (SSSR count). The van der Waals surface area contributed by atoms with Crippen LogP contribution >= 0.6 is 11.3 Å². The lowest BCUT2D eigenvalue weighted by atomic mass is 10.0. The minimum Gasteiger partial charge on any atom is -0.374 e. The minimum absolute atomic E-state index is 0.00439. The van der Waals surface area contributed by atoms with E-state index >= 15 is 0 Å². The third kappa shape index (κ3) is 3.60. The number of morpholine rings is 1. The maximum Gasteiger partial charge on any atom is 0.307 e. The summed E-state index contributed by atoms with van der Waals surface area (Å²) in [6.45, 7) is 5.39. The van der Waals surface area contributed by atoms with Crippen molar-refractivity contribution in [2.45, 2.75) is 39.0 Å². The molecule has 24 heavy (non-hydrogen) atoms. The van der Waals surface area contributed by atoms with Crippen LogP contribution in [0.2, 0.25) is 0 Å². The monoisotopic (exact) mass is 346 g/mol. The van der Waals surface area contributed by atoms with E-state index in [0.29, 0.717) is 26.1 Å². The first kappa shape index (κ1) is 16.9. The molecule has 2 heterocycles. The van der Waals surface area contributed by atoms with Gasteiger partial charge in [-0.2, -0.15) is 0 Å². The van der Waals surface area contributed by atoms with Crippen molar-refractivity contribution >= 4 is 17.2 Å². The zero-order chi connectivity index (χ0) is 17.1. The van der Waals surface area contributed by atoms with Crippen molar-refractivity contribution in [3.05, 3.63) is 56.6 Å². The zero-order valence-electron chi connectivity index (χ0n) is 14.0. The van der Waals surface area contributed by atoms with Crippen LogP contribution in [0.4, 0.5) is 0 Å². The smallest absolute Gasteiger partial charge is 0.307 e. The molecule has 6 heteroatoms. The van der Waals surface area contributed by atoms with Gasteiger partial charge in [0.2, 0.25) is 5.91 Å². The molecule has 1 aliphatic heterocycles. The number of rotatable bonds is 4. The molecule has 128 valence electrons. The summed E-state index contributed by atoms with van der Waals surface area (Å²) in [6.07, 6.45) is 0.354. The average molecular weight is 346 g/mol. The number of amides is 1. The number of carbonyl (C=O) groups is 1. The van der Waals surface area contributed by atoms with Crippen molar-refractivity contribution in [2.75, 3.05) is 13.2 Å². The van der Waals surface area contributed by atoms with Crippen molar-refractivity contribution in [2.24, 2.45) is 0 Å². The molecule has 1 amide bonds. The van der Waals surface area contributed by atoms with E-state index < -0.39 is 0 Å². The highest BCUT2D eigenvalue weighted by molar-refractivity contribution is 7.07. The van der Waals surface area contributed by atoms with Crippen molar-refractivity contribution in [3.8, 4) is 0 Å². The second-order valence-electron chi connectivity index (χ2n) is 6.16. The van der Waals surface area contributed by atoms with Crippen LogP contribution in [0.15, 0.2) is 40.5 Å². The molecule has 0 radical (unpaired) electrons. The van der Waals surface area contributed by atoms with Crippen molar-refractivity contribution in [3.63, 3.8) is 0 Å². The second-order valence-corrected chi connectivity index (χ2v) is 6.98. The largest absolute Gasteiger partial charge is 0.374 e. The van der Waals surface area contributed by atoms with Crippen LogP contribution in [0.3, 0.4) is 0 Å². The summed E-state index contributed by atoms with van der Waals surface area (Å²) in [5, 5.41) is 1.83. The molecule has 1 aromatic heterocycles. The van der Waals surface area contributed by atoms with Gasteiger partial charge in [0.15, 0.2) is 0 Å². The molecule has 0 aliphatic carbocycles. The van der Waals surface area contributed by atoms with Crippen LogP contribution in [-0.4, -0.2) is 34.6 Å². The molecule has 0 bridgehead atoms. The first-order valence-electron chi connectivity index (χ1n) is 8.17. The molecule has 0 spiro atoms. The molecule has 5 nitrogen and oxygen atoms in total. The van der Waals surface area contributed by atoms with Crippen LogP contribution in [0.5, 0.6) is 0 Å². The summed E-state index contributed by atoms with van der Waals surface area (Å²) in [7, 11) is 0. The van der Waals surface area contributed by atoms with Crippen LogP contribution in [0, 0.1) is 6.92 Å². The molecule has 0 unspecified atom stereocenters. The molecular formula is C18H22N2O3S. The number of aromatic nitrogens is 1. The molecule has 2 aromatic rings. The van der Waals surface area contributed by atoms with Gasteiger partial charge in [-0.25, -0.2) is 0 Å². The topological polar surface area (TPSA) is 51.5 Å². The standard InChI is InChI=1S/C18H22N2O3S/c1-13-12-24-18(22)19(13)9-8-17(21)20-10-14(2)23-11-16(20)15-6-4-3-5-7-15/h3-7,12,14,16H,8-11H2,1-2H3/t14-,16-/m0/s1. The van der Waals surface area contributed by atoms with Crippen LogP contribution in [0.1, 0.15) is 30.6 Å². The summed E-state index contributed by atoms with van der Waals surface area (Å²) in [5.41, 5.74) is 1.99. The van der Waals surface area contributed by atoms with Crippen LogP contribution in [0.25, 0.3) is 0 Å². The Balaban J connectivity index is 1.74. The average Bonchev–Trinajstić information content (AvgIpc) is 2.91. The van der Waals surface area contributed by atoms with E-state index in [2.05, 4.69) is 0 Å². The fourth-order valence-corrected chi connectivity index (χ4v) is 3.82. The van der Waals surface area contributed by atoms with Crippen LogP contribution in [-0.2, 0) is 16.1 Å². The Morgan fingerprint density at radius 1 is 1.33 bits per heavy atom. The summed E-state index contributed by atoms with van der Waals surface area (Å²) >= 11 is 1.18. The highest BCUT2D eigenvalue weighted by Crippen LogP contribution is 2.26. The highest BCUT2D eigenvalue weighted by Gasteiger charge is 2.31. The Morgan fingerprint density at radius 3 is 2.75 bits per heavy atom. The number of carbonyl (C=O) groups excluding carboxylic acids is 1. The van der Waals surface area contributed by atoms with Crippen LogP contribution < -0.4 is 4.87 Å². The summed E-state index contributed by atoms with van der Waals surface area (Å²) < 4.78 is 7.44. The SMILES string of the molecule is Cc1csc(=O)n1CCC(=O)N1C[C@H](C)OC[C@H]1c1ccccc1. The van der Waals surface area contributed by atoms with Gasteiger partial charge in [-0.3, -0.25) is 9.59 Å². The summed E-state index contributed by atoms with van der Waals surface area (Å²) in [4.78, 5) is 26.5. The van der Waals surface area contributed by atoms with Gasteiger partial charge in [-0.05, 0) is 19.4 Å². The molecule has 1 saturated heterocycles. The van der Waals surface area contributed by atoms with Gasteiger partial charge in [-0.1, -0.05) is 41.7 Å². The quantitative estimate of drug-likeness (QED) is 0.855. The van der Waals surface area contributed by atoms with Crippen molar-refractivity contribution < 1.29 is 9.53 Å². The van der Waals surface area contributed by atoms with Gasteiger partial charge >= 0.3 is 4.87 Å². The number of benzene rings is 1. The molecule has 0 saturated carbocycles. The molecule has 0 N–H and O–H groups in total. The van der Waals surface area contributed by atoms with E-state index in [9.17, 15) is 9.59 Å². The molecule has 2 atom stereocenters. The molecule has 1 aliphatic rings. The van der Waals surface area contributed by atoms with Gasteiger partial charge in [0, 0.05) is 30.6 Å². The number of hydrogen-bond acceptors (Lipinski definition) is 4. The predicted molar refractivity (Wildman–Crippen MR) is 94.2 cm³/mol. The number of hydrogen-bond donors (Lipinski definition) is 0. The van der Waals surface area contributed by atoms with E-state index in [4.69, 9.17) is 4.74 Å². The number of aryl methyl sites for hydroxylation is 1. The first-order valence-corrected chi connectivity index (χ1v) is 9.05. The van der Waals surface area contributed by atoms with Gasteiger partial charge < -0.3 is 14.2 Å². The fraction of sp³-hybridized carbons (Fsp3) is 0.444. The predicted octanol–water partition coefficient (Wildman–Crippen LogP) is 2.60. The van der Waals surface area contributed by atoms with E-state index in [0.717, 1.165) is 11.3 Å². The molecule has 1 aromatic carbocycles. The number of nitrogens with zero attached hydrogens (tertiary/aromatic N) is 2. The second kappa shape index (κ2) is 7.32. The first-order chi connectivity index (χ1) is 11.6. The summed E-state index contributed by atoms with van der Waals surface area (Å²) in [5.74, 6) is 0.0662. The molecular weight excluding hydrogens is 324 g/mol. The minimum atomic E-state index is -0.0600. The molecule has 1 fully saturated rings. The van der Waals surface area contributed by atoms with Gasteiger partial charge in [-0.15, -0.1) is 0 Å². The van der Waals surface area contributed by atoms with E-state index in [1.165, 1.54) is 11.3 Å². The van der Waals surface area contributed by atoms with Crippen molar-refractivity contribution in [1.82, 2.24) is 9.47 Å². The zero-order valence-corrected chi connectivity index (χ0v) is 14.8. The van der Waals surface area contributed by atoms with Crippen molar-refractivity contribution in [1.29, 1.82) is 0 Å². The van der Waals surface area contributed by atoms with Gasteiger partial charge in [0.05, 0.1) is 18.8 Å².